The molecule has 6 aromatic rings. The van der Waals surface area contributed by atoms with Crippen molar-refractivity contribution in [2.24, 2.45) is 0 Å². The maximum atomic E-state index is 14.5. The van der Waals surface area contributed by atoms with Crippen LogP contribution in [0.15, 0.2) is 73.4 Å². The molecule has 2 N–H and O–H groups in total. The molecule has 0 unspecified atom stereocenters. The highest BCUT2D eigenvalue weighted by atomic mass is 32.2. The van der Waals surface area contributed by atoms with Gasteiger partial charge in [0.15, 0.2) is 0 Å². The lowest BCUT2D eigenvalue weighted by Gasteiger charge is -2.07. The molecule has 0 bridgehead atoms. The van der Waals surface area contributed by atoms with Crippen molar-refractivity contribution in [2.45, 2.75) is 6.42 Å². The highest BCUT2D eigenvalue weighted by Crippen LogP contribution is 2.34. The van der Waals surface area contributed by atoms with Crippen molar-refractivity contribution in [2.75, 3.05) is 12.0 Å². The molecule has 4 aromatic heterocycles. The number of pyridine rings is 1. The Labute approximate surface area is 211 Å². The van der Waals surface area contributed by atoms with Gasteiger partial charge < -0.3 is 4.98 Å². The number of halogens is 1. The number of fused-ring (bicyclic) bond motifs is 2. The zero-order valence-electron chi connectivity index (χ0n) is 19.7. The lowest BCUT2D eigenvalue weighted by molar-refractivity contribution is 0.600. The van der Waals surface area contributed by atoms with Gasteiger partial charge in [-0.05, 0) is 60.0 Å². The Bertz CT molecular complexity index is 1880. The number of H-pyrrole nitrogens is 2. The first-order valence-electron chi connectivity index (χ1n) is 11.5. The summed E-state index contributed by atoms with van der Waals surface area (Å²) >= 11 is 0. The van der Waals surface area contributed by atoms with E-state index < -0.39 is 15.7 Å². The van der Waals surface area contributed by atoms with Gasteiger partial charge in [-0.15, -0.1) is 0 Å². The van der Waals surface area contributed by atoms with Crippen LogP contribution in [0.5, 0.6) is 0 Å². The average molecular weight is 513 g/mol. The third kappa shape index (κ3) is 4.58. The van der Waals surface area contributed by atoms with Crippen molar-refractivity contribution in [3.63, 3.8) is 0 Å². The predicted octanol–water partition coefficient (Wildman–Crippen LogP) is 4.96. The van der Waals surface area contributed by atoms with Crippen LogP contribution >= 0.6 is 0 Å². The number of nitrogens with one attached hydrogen (secondary N) is 2. The lowest BCUT2D eigenvalue weighted by atomic mass is 10.0. The van der Waals surface area contributed by atoms with Crippen LogP contribution in [-0.4, -0.2) is 50.6 Å². The molecule has 0 radical (unpaired) electrons. The van der Waals surface area contributed by atoms with Gasteiger partial charge in [-0.2, -0.15) is 5.10 Å². The van der Waals surface area contributed by atoms with Crippen molar-refractivity contribution < 1.29 is 12.8 Å². The number of hydrogen-bond acceptors (Lipinski definition) is 6. The summed E-state index contributed by atoms with van der Waals surface area (Å²) in [6, 6.07) is 14.4. The summed E-state index contributed by atoms with van der Waals surface area (Å²) in [5.74, 6) is -0.489. The monoisotopic (exact) mass is 512 g/mol. The van der Waals surface area contributed by atoms with Crippen LogP contribution < -0.4 is 0 Å². The largest absolute Gasteiger partial charge is 0.353 e. The first-order valence-corrected chi connectivity index (χ1v) is 13.6. The van der Waals surface area contributed by atoms with Gasteiger partial charge in [-0.25, -0.2) is 22.8 Å². The maximum Gasteiger partial charge on any atom is 0.147 e. The van der Waals surface area contributed by atoms with E-state index in [1.807, 2.05) is 30.3 Å². The molecule has 184 valence electrons. The Balaban J connectivity index is 1.44. The Kier molecular flexibility index (Phi) is 5.53. The summed E-state index contributed by atoms with van der Waals surface area (Å²) in [4.78, 5) is 16.2. The normalized spacial score (nSPS) is 11.9. The molecule has 0 amide bonds. The number of rotatable bonds is 6. The molecule has 6 rings (SSSR count). The third-order valence-electron chi connectivity index (χ3n) is 6.25. The summed E-state index contributed by atoms with van der Waals surface area (Å²) in [7, 11) is -3.17. The van der Waals surface area contributed by atoms with Crippen molar-refractivity contribution in [3.05, 3.63) is 84.8 Å². The fourth-order valence-electron chi connectivity index (χ4n) is 4.49. The van der Waals surface area contributed by atoms with Crippen LogP contribution in [0.1, 0.15) is 5.56 Å². The van der Waals surface area contributed by atoms with E-state index in [1.165, 1.54) is 24.7 Å². The smallest absolute Gasteiger partial charge is 0.147 e. The summed E-state index contributed by atoms with van der Waals surface area (Å²) in [6.07, 6.45) is 8.08. The highest BCUT2D eigenvalue weighted by Gasteiger charge is 2.16. The second kappa shape index (κ2) is 8.90. The first-order chi connectivity index (χ1) is 17.8. The van der Waals surface area contributed by atoms with E-state index >= 15 is 0 Å². The van der Waals surface area contributed by atoms with E-state index in [0.717, 1.165) is 44.3 Å². The molecular formula is C27H21FN6O2S. The minimum atomic E-state index is -3.17. The van der Waals surface area contributed by atoms with Crippen molar-refractivity contribution in [3.8, 4) is 33.8 Å². The summed E-state index contributed by atoms with van der Waals surface area (Å²) < 4.78 is 37.7. The molecule has 10 heteroatoms. The first kappa shape index (κ1) is 23.0. The maximum absolute atomic E-state index is 14.5. The summed E-state index contributed by atoms with van der Waals surface area (Å²) in [5.41, 5.74) is 6.88. The SMILES string of the molecule is CS(=O)(=O)CCc1cc(F)cc(-c2nccc3[nH]c(-c4n[nH]c5ccc(-c6cncnc6)cc45)cc23)c1. The Morgan fingerprint density at radius 2 is 1.68 bits per heavy atom. The minimum absolute atomic E-state index is 0.0504. The second-order valence-electron chi connectivity index (χ2n) is 8.99. The quantitative estimate of drug-likeness (QED) is 0.326. The molecule has 2 aromatic carbocycles. The van der Waals surface area contributed by atoms with E-state index in [2.05, 4.69) is 30.1 Å². The van der Waals surface area contributed by atoms with E-state index in [9.17, 15) is 12.8 Å². The van der Waals surface area contributed by atoms with E-state index in [4.69, 9.17) is 0 Å². The molecule has 8 nitrogen and oxygen atoms in total. The molecule has 0 fully saturated rings. The number of benzene rings is 2. The zero-order valence-corrected chi connectivity index (χ0v) is 20.6. The van der Waals surface area contributed by atoms with Crippen LogP contribution in [0.3, 0.4) is 0 Å². The molecule has 0 spiro atoms. The minimum Gasteiger partial charge on any atom is -0.353 e. The Morgan fingerprint density at radius 3 is 2.49 bits per heavy atom. The number of aromatic amines is 2. The van der Waals surface area contributed by atoms with Crippen LogP contribution in [-0.2, 0) is 16.3 Å². The highest BCUT2D eigenvalue weighted by molar-refractivity contribution is 7.90. The number of nitrogens with zero attached hydrogens (tertiary/aromatic N) is 4. The zero-order chi connectivity index (χ0) is 25.6. The van der Waals surface area contributed by atoms with Gasteiger partial charge in [0.25, 0.3) is 0 Å². The van der Waals surface area contributed by atoms with E-state index in [-0.39, 0.29) is 12.2 Å². The van der Waals surface area contributed by atoms with E-state index in [1.54, 1.807) is 24.7 Å². The Morgan fingerprint density at radius 1 is 0.865 bits per heavy atom. The average Bonchev–Trinajstić information content (AvgIpc) is 3.51. The molecule has 0 saturated carbocycles. The lowest BCUT2D eigenvalue weighted by Crippen LogP contribution is -2.06. The molecule has 0 atom stereocenters. The predicted molar refractivity (Wildman–Crippen MR) is 141 cm³/mol. The number of sulfone groups is 1. The molecule has 0 saturated heterocycles. The molecule has 0 aliphatic heterocycles. The van der Waals surface area contributed by atoms with Crippen molar-refractivity contribution in [1.82, 2.24) is 30.1 Å². The van der Waals surface area contributed by atoms with Crippen LogP contribution in [0.2, 0.25) is 0 Å². The van der Waals surface area contributed by atoms with Gasteiger partial charge in [0.05, 0.1) is 22.7 Å². The summed E-state index contributed by atoms with van der Waals surface area (Å²) in [6.45, 7) is 0. The van der Waals surface area contributed by atoms with Gasteiger partial charge in [-0.3, -0.25) is 10.1 Å². The second-order valence-corrected chi connectivity index (χ2v) is 11.3. The molecule has 4 heterocycles. The van der Waals surface area contributed by atoms with Gasteiger partial charge in [0.1, 0.15) is 27.7 Å². The topological polar surface area (TPSA) is 117 Å². The number of aryl methyl sites for hydroxylation is 1. The standard InChI is InChI=1S/C27H21FN6O2S/c1-37(35,36)7-5-16-8-18(10-20(28)9-16)26-22-12-25(32-23(22)4-6-31-26)27-21-11-17(2-3-24(21)33-34-27)19-13-29-15-30-14-19/h2-4,6,8-15,32H,5,7H2,1H3,(H,33,34). The Hall–Kier alpha value is -4.44. The van der Waals surface area contributed by atoms with Gasteiger partial charge in [0.2, 0.25) is 0 Å². The number of hydrogen-bond donors (Lipinski definition) is 2. The van der Waals surface area contributed by atoms with Crippen LogP contribution in [0, 0.1) is 5.82 Å². The molecule has 0 aliphatic carbocycles. The van der Waals surface area contributed by atoms with Gasteiger partial charge in [-0.1, -0.05) is 6.07 Å². The van der Waals surface area contributed by atoms with Crippen molar-refractivity contribution >= 4 is 31.6 Å². The molecule has 0 aliphatic rings. The van der Waals surface area contributed by atoms with Crippen LogP contribution in [0.4, 0.5) is 4.39 Å². The molecular weight excluding hydrogens is 491 g/mol. The van der Waals surface area contributed by atoms with Crippen molar-refractivity contribution in [1.29, 1.82) is 0 Å². The summed E-state index contributed by atoms with van der Waals surface area (Å²) in [5, 5.41) is 9.36. The fraction of sp³-hybridized carbons (Fsp3) is 0.111. The number of aromatic nitrogens is 6. The van der Waals surface area contributed by atoms with Crippen LogP contribution in [0.25, 0.3) is 55.6 Å². The van der Waals surface area contributed by atoms with Gasteiger partial charge in [0, 0.05) is 52.3 Å². The third-order valence-corrected chi connectivity index (χ3v) is 7.20. The fourth-order valence-corrected chi connectivity index (χ4v) is 5.10. The van der Waals surface area contributed by atoms with E-state index in [0.29, 0.717) is 16.8 Å². The molecule has 37 heavy (non-hydrogen) atoms. The van der Waals surface area contributed by atoms with Gasteiger partial charge >= 0.3 is 0 Å².